The van der Waals surface area contributed by atoms with Crippen molar-refractivity contribution in [3.8, 4) is 11.8 Å². The molecule has 0 N–H and O–H groups in total. The van der Waals surface area contributed by atoms with Crippen molar-refractivity contribution < 1.29 is 9.53 Å². The molecule has 0 aliphatic carbocycles. The number of nitriles is 1. The number of benzene rings is 1. The average Bonchev–Trinajstić information content (AvgIpc) is 2.59. The predicted octanol–water partition coefficient (Wildman–Crippen LogP) is 3.18. The van der Waals surface area contributed by atoms with Gasteiger partial charge in [-0.3, -0.25) is 4.79 Å². The van der Waals surface area contributed by atoms with Crippen molar-refractivity contribution in [3.05, 3.63) is 34.9 Å². The van der Waals surface area contributed by atoms with Crippen LogP contribution in [0.2, 0.25) is 0 Å². The molecule has 1 aliphatic heterocycles. The molecule has 0 saturated carbocycles. The van der Waals surface area contributed by atoms with Gasteiger partial charge in [0.05, 0.1) is 7.11 Å². The maximum Gasteiger partial charge on any atom is 0.264 e. The number of nitrogens with zero attached hydrogens (tertiary/aromatic N) is 2. The van der Waals surface area contributed by atoms with Crippen LogP contribution < -0.4 is 4.74 Å². The molecule has 22 heavy (non-hydrogen) atoms. The zero-order valence-corrected chi connectivity index (χ0v) is 13.3. The Morgan fingerprint density at radius 3 is 2.68 bits per heavy atom. The molecular weight excluding hydrogens is 276 g/mol. The molecule has 4 heteroatoms. The summed E-state index contributed by atoms with van der Waals surface area (Å²) in [5.74, 6) is 0.677. The molecule has 1 saturated heterocycles. The van der Waals surface area contributed by atoms with E-state index in [9.17, 15) is 10.1 Å². The van der Waals surface area contributed by atoms with E-state index in [0.29, 0.717) is 0 Å². The summed E-state index contributed by atoms with van der Waals surface area (Å²) in [5.41, 5.74) is 2.13. The molecule has 2 rings (SSSR count). The number of carbonyl (C=O) groups excluding carboxylic acids is 1. The standard InChI is InChI=1S/C18H22N2O2/c1-3-15-11-14(7-8-17(15)22-2)12-16(13-19)18(21)20-9-5-4-6-10-20/h7-8,11-12H,3-6,9-10H2,1-2H3/b16-12+. The Morgan fingerprint density at radius 2 is 2.09 bits per heavy atom. The lowest BCUT2D eigenvalue weighted by Gasteiger charge is -2.26. The Bertz CT molecular complexity index is 608. The lowest BCUT2D eigenvalue weighted by Crippen LogP contribution is -2.36. The highest BCUT2D eigenvalue weighted by Gasteiger charge is 2.20. The van der Waals surface area contributed by atoms with Crippen molar-refractivity contribution in [2.75, 3.05) is 20.2 Å². The van der Waals surface area contributed by atoms with Crippen LogP contribution in [0.1, 0.15) is 37.3 Å². The van der Waals surface area contributed by atoms with Crippen molar-refractivity contribution in [2.45, 2.75) is 32.6 Å². The van der Waals surface area contributed by atoms with Gasteiger partial charge in [0.15, 0.2) is 0 Å². The fourth-order valence-corrected chi connectivity index (χ4v) is 2.74. The van der Waals surface area contributed by atoms with Crippen molar-refractivity contribution in [2.24, 2.45) is 0 Å². The Balaban J connectivity index is 2.24. The van der Waals surface area contributed by atoms with Crippen molar-refractivity contribution in [1.29, 1.82) is 5.26 Å². The number of amides is 1. The van der Waals surface area contributed by atoms with E-state index in [1.54, 1.807) is 18.1 Å². The monoisotopic (exact) mass is 298 g/mol. The smallest absolute Gasteiger partial charge is 0.264 e. The van der Waals surface area contributed by atoms with Crippen LogP contribution in [0.4, 0.5) is 0 Å². The van der Waals surface area contributed by atoms with Crippen LogP contribution >= 0.6 is 0 Å². The second-order valence-corrected chi connectivity index (χ2v) is 5.45. The predicted molar refractivity (Wildman–Crippen MR) is 86.4 cm³/mol. The number of aryl methyl sites for hydroxylation is 1. The zero-order valence-electron chi connectivity index (χ0n) is 13.3. The van der Waals surface area contributed by atoms with Gasteiger partial charge in [0.25, 0.3) is 5.91 Å². The Labute approximate surface area is 132 Å². The van der Waals surface area contributed by atoms with Gasteiger partial charge < -0.3 is 9.64 Å². The molecule has 0 spiro atoms. The fraction of sp³-hybridized carbons (Fsp3) is 0.444. The first-order chi connectivity index (χ1) is 10.7. The minimum atomic E-state index is -0.156. The molecule has 0 atom stereocenters. The second-order valence-electron chi connectivity index (χ2n) is 5.45. The van der Waals surface area contributed by atoms with E-state index in [2.05, 4.69) is 13.0 Å². The molecule has 0 unspecified atom stereocenters. The van der Waals surface area contributed by atoms with E-state index in [1.807, 2.05) is 18.2 Å². The lowest BCUT2D eigenvalue weighted by molar-refractivity contribution is -0.127. The third-order valence-corrected chi connectivity index (χ3v) is 3.99. The molecule has 1 heterocycles. The third kappa shape index (κ3) is 3.67. The number of rotatable bonds is 4. The largest absolute Gasteiger partial charge is 0.496 e. The first-order valence-electron chi connectivity index (χ1n) is 7.77. The van der Waals surface area contributed by atoms with Gasteiger partial charge >= 0.3 is 0 Å². The van der Waals surface area contributed by atoms with Crippen molar-refractivity contribution in [1.82, 2.24) is 4.90 Å². The van der Waals surface area contributed by atoms with Crippen LogP contribution in [-0.2, 0) is 11.2 Å². The molecule has 116 valence electrons. The van der Waals surface area contributed by atoms with Gasteiger partial charge in [0.1, 0.15) is 17.4 Å². The van der Waals surface area contributed by atoms with Crippen molar-refractivity contribution >= 4 is 12.0 Å². The van der Waals surface area contributed by atoms with Crippen LogP contribution in [0.3, 0.4) is 0 Å². The summed E-state index contributed by atoms with van der Waals surface area (Å²) >= 11 is 0. The summed E-state index contributed by atoms with van der Waals surface area (Å²) in [4.78, 5) is 14.2. The Morgan fingerprint density at radius 1 is 1.36 bits per heavy atom. The molecule has 1 aliphatic rings. The fourth-order valence-electron chi connectivity index (χ4n) is 2.74. The normalized spacial score (nSPS) is 15.3. The van der Waals surface area contributed by atoms with Crippen LogP contribution in [0.15, 0.2) is 23.8 Å². The quantitative estimate of drug-likeness (QED) is 0.633. The molecular formula is C18H22N2O2. The molecule has 1 fully saturated rings. The highest BCUT2D eigenvalue weighted by molar-refractivity contribution is 6.01. The van der Waals surface area contributed by atoms with E-state index in [0.717, 1.165) is 55.6 Å². The maximum absolute atomic E-state index is 12.4. The maximum atomic E-state index is 12.4. The van der Waals surface area contributed by atoms with Crippen LogP contribution in [0.25, 0.3) is 6.08 Å². The SMILES string of the molecule is CCc1cc(/C=C(\C#N)C(=O)N2CCCCC2)ccc1OC. The highest BCUT2D eigenvalue weighted by atomic mass is 16.5. The van der Waals surface area contributed by atoms with Crippen LogP contribution in [0, 0.1) is 11.3 Å². The molecule has 0 bridgehead atoms. The Kier molecular flexibility index (Phi) is 5.60. The number of methoxy groups -OCH3 is 1. The second kappa shape index (κ2) is 7.65. The molecule has 1 aromatic carbocycles. The van der Waals surface area contributed by atoms with Crippen LogP contribution in [0.5, 0.6) is 5.75 Å². The minimum Gasteiger partial charge on any atom is -0.496 e. The summed E-state index contributed by atoms with van der Waals surface area (Å²) < 4.78 is 5.30. The average molecular weight is 298 g/mol. The first-order valence-corrected chi connectivity index (χ1v) is 7.77. The number of hydrogen-bond donors (Lipinski definition) is 0. The van der Waals surface area contributed by atoms with E-state index in [4.69, 9.17) is 4.74 Å². The molecule has 1 amide bonds. The zero-order chi connectivity index (χ0) is 15.9. The number of piperidine rings is 1. The molecule has 1 aromatic rings. The topological polar surface area (TPSA) is 53.3 Å². The Hall–Kier alpha value is -2.28. The van der Waals surface area contributed by atoms with Gasteiger partial charge in [0, 0.05) is 13.1 Å². The van der Waals surface area contributed by atoms with Crippen LogP contribution in [-0.4, -0.2) is 31.0 Å². The summed E-state index contributed by atoms with van der Waals surface area (Å²) in [6, 6.07) is 7.78. The summed E-state index contributed by atoms with van der Waals surface area (Å²) in [6.07, 6.45) is 5.72. The minimum absolute atomic E-state index is 0.156. The van der Waals surface area contributed by atoms with Gasteiger partial charge in [-0.2, -0.15) is 5.26 Å². The summed E-state index contributed by atoms with van der Waals surface area (Å²) in [7, 11) is 1.64. The van der Waals surface area contributed by atoms with Gasteiger partial charge in [-0.05, 0) is 55.0 Å². The van der Waals surface area contributed by atoms with E-state index < -0.39 is 0 Å². The number of hydrogen-bond acceptors (Lipinski definition) is 3. The summed E-state index contributed by atoms with van der Waals surface area (Å²) in [6.45, 7) is 3.55. The van der Waals surface area contributed by atoms with Crippen molar-refractivity contribution in [3.63, 3.8) is 0 Å². The number of likely N-dealkylation sites (tertiary alicyclic amines) is 1. The third-order valence-electron chi connectivity index (χ3n) is 3.99. The van der Waals surface area contributed by atoms with E-state index in [-0.39, 0.29) is 11.5 Å². The highest BCUT2D eigenvalue weighted by Crippen LogP contribution is 2.22. The molecule has 4 nitrogen and oxygen atoms in total. The molecule has 0 radical (unpaired) electrons. The lowest BCUT2D eigenvalue weighted by atomic mass is 10.0. The first kappa shape index (κ1) is 16.1. The number of ether oxygens (including phenoxy) is 1. The molecule has 0 aromatic heterocycles. The van der Waals surface area contributed by atoms with Gasteiger partial charge in [-0.1, -0.05) is 13.0 Å². The van der Waals surface area contributed by atoms with Gasteiger partial charge in [-0.15, -0.1) is 0 Å². The van der Waals surface area contributed by atoms with E-state index >= 15 is 0 Å². The number of carbonyl (C=O) groups is 1. The summed E-state index contributed by atoms with van der Waals surface area (Å²) in [5, 5.41) is 9.33. The van der Waals surface area contributed by atoms with E-state index in [1.165, 1.54) is 0 Å². The van der Waals surface area contributed by atoms with Gasteiger partial charge in [-0.25, -0.2) is 0 Å². The van der Waals surface area contributed by atoms with Gasteiger partial charge in [0.2, 0.25) is 0 Å².